The molecule has 0 amide bonds. The SMILES string of the molecule is Cc1cccc2c(C(F)(F)F)nc(Cl)nc12. The lowest BCUT2D eigenvalue weighted by Crippen LogP contribution is -2.10. The Balaban J connectivity index is 2.89. The highest BCUT2D eigenvalue weighted by Gasteiger charge is 2.35. The number of aryl methyl sites for hydroxylation is 1. The van der Waals surface area contributed by atoms with Crippen molar-refractivity contribution in [3.63, 3.8) is 0 Å². The van der Waals surface area contributed by atoms with E-state index in [1.165, 1.54) is 12.1 Å². The maximum atomic E-state index is 12.7. The van der Waals surface area contributed by atoms with Gasteiger partial charge in [0.2, 0.25) is 5.28 Å². The Morgan fingerprint density at radius 3 is 2.50 bits per heavy atom. The van der Waals surface area contributed by atoms with Gasteiger partial charge in [0.1, 0.15) is 0 Å². The molecule has 0 spiro atoms. The van der Waals surface area contributed by atoms with E-state index in [1.54, 1.807) is 13.0 Å². The summed E-state index contributed by atoms with van der Waals surface area (Å²) in [4.78, 5) is 7.05. The molecule has 1 aromatic heterocycles. The van der Waals surface area contributed by atoms with Crippen molar-refractivity contribution >= 4 is 22.5 Å². The largest absolute Gasteiger partial charge is 0.434 e. The molecule has 0 atom stereocenters. The average Bonchev–Trinajstić information content (AvgIpc) is 2.17. The van der Waals surface area contributed by atoms with Crippen molar-refractivity contribution in [2.75, 3.05) is 0 Å². The number of nitrogens with zero attached hydrogens (tertiary/aromatic N) is 2. The smallest absolute Gasteiger partial charge is 0.218 e. The van der Waals surface area contributed by atoms with Crippen LogP contribution < -0.4 is 0 Å². The first kappa shape index (κ1) is 11.1. The number of rotatable bonds is 0. The number of halogens is 4. The summed E-state index contributed by atoms with van der Waals surface area (Å²) in [5.41, 5.74) is -0.131. The summed E-state index contributed by atoms with van der Waals surface area (Å²) in [6.07, 6.45) is -4.53. The van der Waals surface area contributed by atoms with E-state index in [0.29, 0.717) is 5.56 Å². The summed E-state index contributed by atoms with van der Waals surface area (Å²) in [5, 5.41) is -0.425. The minimum atomic E-state index is -4.53. The van der Waals surface area contributed by atoms with Gasteiger partial charge in [-0.25, -0.2) is 9.97 Å². The summed E-state index contributed by atoms with van der Waals surface area (Å²) in [7, 11) is 0. The first-order valence-corrected chi connectivity index (χ1v) is 4.77. The number of aromatic nitrogens is 2. The highest BCUT2D eigenvalue weighted by atomic mass is 35.5. The average molecular weight is 247 g/mol. The Bertz CT molecular complexity index is 551. The Hall–Kier alpha value is -1.36. The third kappa shape index (κ3) is 1.82. The fourth-order valence-corrected chi connectivity index (χ4v) is 1.65. The van der Waals surface area contributed by atoms with Crippen LogP contribution in [0.3, 0.4) is 0 Å². The van der Waals surface area contributed by atoms with Gasteiger partial charge in [0, 0.05) is 5.39 Å². The van der Waals surface area contributed by atoms with Crippen molar-refractivity contribution in [3.8, 4) is 0 Å². The lowest BCUT2D eigenvalue weighted by atomic mass is 10.1. The Kier molecular flexibility index (Phi) is 2.50. The fourth-order valence-electron chi connectivity index (χ4n) is 1.48. The molecule has 0 aliphatic rings. The van der Waals surface area contributed by atoms with Crippen molar-refractivity contribution in [2.45, 2.75) is 13.1 Å². The van der Waals surface area contributed by atoms with Gasteiger partial charge in [-0.15, -0.1) is 0 Å². The van der Waals surface area contributed by atoms with Gasteiger partial charge >= 0.3 is 6.18 Å². The minimum absolute atomic E-state index is 0.0306. The van der Waals surface area contributed by atoms with E-state index in [4.69, 9.17) is 11.6 Å². The van der Waals surface area contributed by atoms with Crippen molar-refractivity contribution in [3.05, 3.63) is 34.7 Å². The first-order chi connectivity index (χ1) is 7.39. The molecular weight excluding hydrogens is 241 g/mol. The second-order valence-corrected chi connectivity index (χ2v) is 3.65. The van der Waals surface area contributed by atoms with Crippen molar-refractivity contribution in [1.29, 1.82) is 0 Å². The summed E-state index contributed by atoms with van der Waals surface area (Å²) in [5.74, 6) is 0. The molecule has 84 valence electrons. The Morgan fingerprint density at radius 2 is 1.88 bits per heavy atom. The first-order valence-electron chi connectivity index (χ1n) is 4.39. The Labute approximate surface area is 94.1 Å². The molecule has 1 heterocycles. The number of fused-ring (bicyclic) bond motifs is 1. The molecule has 0 bridgehead atoms. The van der Waals surface area contributed by atoms with E-state index in [-0.39, 0.29) is 10.9 Å². The predicted octanol–water partition coefficient (Wildman–Crippen LogP) is 3.61. The molecule has 0 N–H and O–H groups in total. The zero-order chi connectivity index (χ0) is 11.9. The molecular formula is C10H6ClF3N2. The standard InChI is InChI=1S/C10H6ClF3N2/c1-5-3-2-4-6-7(5)15-9(11)16-8(6)10(12,13)14/h2-4H,1H3. The molecule has 2 aromatic rings. The maximum Gasteiger partial charge on any atom is 0.434 e. The highest BCUT2D eigenvalue weighted by Crippen LogP contribution is 2.34. The topological polar surface area (TPSA) is 25.8 Å². The van der Waals surface area contributed by atoms with Crippen LogP contribution >= 0.6 is 11.6 Å². The second kappa shape index (κ2) is 3.59. The number of para-hydroxylation sites is 1. The van der Waals surface area contributed by atoms with Crippen LogP contribution in [0.25, 0.3) is 10.9 Å². The molecule has 0 fully saturated rings. The lowest BCUT2D eigenvalue weighted by Gasteiger charge is -2.10. The van der Waals surface area contributed by atoms with E-state index >= 15 is 0 Å². The third-order valence-corrected chi connectivity index (χ3v) is 2.34. The van der Waals surface area contributed by atoms with Crippen LogP contribution in [0.1, 0.15) is 11.3 Å². The molecule has 2 nitrogen and oxygen atoms in total. The molecule has 2 rings (SSSR count). The molecule has 0 aliphatic heterocycles. The zero-order valence-electron chi connectivity index (χ0n) is 8.14. The number of benzene rings is 1. The van der Waals surface area contributed by atoms with E-state index in [9.17, 15) is 13.2 Å². The zero-order valence-corrected chi connectivity index (χ0v) is 8.89. The molecule has 0 saturated carbocycles. The summed E-state index contributed by atoms with van der Waals surface area (Å²) in [6, 6.07) is 4.54. The van der Waals surface area contributed by atoms with Gasteiger partial charge < -0.3 is 0 Å². The highest BCUT2D eigenvalue weighted by molar-refractivity contribution is 6.28. The lowest BCUT2D eigenvalue weighted by molar-refractivity contribution is -0.139. The number of alkyl halides is 3. The van der Waals surface area contributed by atoms with E-state index in [2.05, 4.69) is 9.97 Å². The van der Waals surface area contributed by atoms with Crippen LogP contribution in [-0.2, 0) is 6.18 Å². The predicted molar refractivity (Wildman–Crippen MR) is 54.3 cm³/mol. The van der Waals surface area contributed by atoms with Crippen LogP contribution in [-0.4, -0.2) is 9.97 Å². The van der Waals surface area contributed by atoms with Gasteiger partial charge in [0.25, 0.3) is 0 Å². The third-order valence-electron chi connectivity index (χ3n) is 2.17. The molecule has 1 aromatic carbocycles. The monoisotopic (exact) mass is 246 g/mol. The molecule has 0 saturated heterocycles. The van der Waals surface area contributed by atoms with Crippen LogP contribution in [0, 0.1) is 6.92 Å². The fraction of sp³-hybridized carbons (Fsp3) is 0.200. The van der Waals surface area contributed by atoms with Gasteiger partial charge in [-0.05, 0) is 24.1 Å². The van der Waals surface area contributed by atoms with Crippen LogP contribution in [0.2, 0.25) is 5.28 Å². The van der Waals surface area contributed by atoms with Gasteiger partial charge in [0.15, 0.2) is 5.69 Å². The normalized spacial score (nSPS) is 12.1. The number of hydrogen-bond acceptors (Lipinski definition) is 2. The van der Waals surface area contributed by atoms with Crippen molar-refractivity contribution < 1.29 is 13.2 Å². The van der Waals surface area contributed by atoms with E-state index in [0.717, 1.165) is 0 Å². The molecule has 0 radical (unpaired) electrons. The van der Waals surface area contributed by atoms with Gasteiger partial charge in [-0.1, -0.05) is 18.2 Å². The minimum Gasteiger partial charge on any atom is -0.218 e. The van der Waals surface area contributed by atoms with Crippen LogP contribution in [0.4, 0.5) is 13.2 Å². The summed E-state index contributed by atoms with van der Waals surface area (Å²) >= 11 is 5.48. The van der Waals surface area contributed by atoms with Crippen molar-refractivity contribution in [1.82, 2.24) is 9.97 Å². The Morgan fingerprint density at radius 1 is 1.19 bits per heavy atom. The maximum absolute atomic E-state index is 12.7. The number of hydrogen-bond donors (Lipinski definition) is 0. The van der Waals surface area contributed by atoms with Crippen LogP contribution in [0.15, 0.2) is 18.2 Å². The van der Waals surface area contributed by atoms with Gasteiger partial charge in [-0.3, -0.25) is 0 Å². The van der Waals surface area contributed by atoms with E-state index in [1.807, 2.05) is 0 Å². The summed E-state index contributed by atoms with van der Waals surface area (Å²) < 4.78 is 38.0. The molecule has 0 aliphatic carbocycles. The van der Waals surface area contributed by atoms with E-state index < -0.39 is 17.2 Å². The van der Waals surface area contributed by atoms with Gasteiger partial charge in [-0.2, -0.15) is 13.2 Å². The molecule has 16 heavy (non-hydrogen) atoms. The molecule has 6 heteroatoms. The molecule has 0 unspecified atom stereocenters. The quantitative estimate of drug-likeness (QED) is 0.664. The van der Waals surface area contributed by atoms with Crippen molar-refractivity contribution in [2.24, 2.45) is 0 Å². The second-order valence-electron chi connectivity index (χ2n) is 3.31. The summed E-state index contributed by atoms with van der Waals surface area (Å²) in [6.45, 7) is 1.67. The van der Waals surface area contributed by atoms with Crippen LogP contribution in [0.5, 0.6) is 0 Å². The van der Waals surface area contributed by atoms with Gasteiger partial charge in [0.05, 0.1) is 5.52 Å².